The van der Waals surface area contributed by atoms with Crippen molar-refractivity contribution < 1.29 is 4.79 Å². The Kier molecular flexibility index (Phi) is 4.71. The van der Waals surface area contributed by atoms with Gasteiger partial charge in [0.1, 0.15) is 5.82 Å². The third-order valence-electron chi connectivity index (χ3n) is 4.49. The van der Waals surface area contributed by atoms with Crippen LogP contribution in [0.15, 0.2) is 30.3 Å². The van der Waals surface area contributed by atoms with E-state index in [-0.39, 0.29) is 17.9 Å². The molecule has 0 aliphatic carbocycles. The summed E-state index contributed by atoms with van der Waals surface area (Å²) in [6.45, 7) is 3.19. The standard InChI is InChI=1S/C17H23N5O/c1-12(16(18)13-7-3-2-4-8-13)17(23)19-11-15-21-20-14-9-5-6-10-22(14)15/h2-4,7-8,12,16H,5-6,9-11,18H2,1H3,(H,19,23). The van der Waals surface area contributed by atoms with E-state index in [2.05, 4.69) is 20.1 Å². The molecule has 0 radical (unpaired) electrons. The summed E-state index contributed by atoms with van der Waals surface area (Å²) in [5.41, 5.74) is 7.17. The van der Waals surface area contributed by atoms with E-state index in [4.69, 9.17) is 5.73 Å². The molecule has 1 aromatic carbocycles. The molecule has 1 aromatic heterocycles. The number of carbonyl (C=O) groups excluding carboxylic acids is 1. The predicted molar refractivity (Wildman–Crippen MR) is 87.3 cm³/mol. The lowest BCUT2D eigenvalue weighted by atomic mass is 9.95. The van der Waals surface area contributed by atoms with Crippen LogP contribution < -0.4 is 11.1 Å². The number of nitrogens with two attached hydrogens (primary N) is 1. The summed E-state index contributed by atoms with van der Waals surface area (Å²) in [7, 11) is 0. The van der Waals surface area contributed by atoms with Crippen LogP contribution in [0.3, 0.4) is 0 Å². The fourth-order valence-electron chi connectivity index (χ4n) is 2.95. The molecule has 0 bridgehead atoms. The Labute approximate surface area is 136 Å². The summed E-state index contributed by atoms with van der Waals surface area (Å²) in [6.07, 6.45) is 3.27. The molecule has 3 N–H and O–H groups in total. The van der Waals surface area contributed by atoms with E-state index in [0.29, 0.717) is 6.54 Å². The third-order valence-corrected chi connectivity index (χ3v) is 4.49. The van der Waals surface area contributed by atoms with E-state index in [1.54, 1.807) is 0 Å². The summed E-state index contributed by atoms with van der Waals surface area (Å²) >= 11 is 0. The summed E-state index contributed by atoms with van der Waals surface area (Å²) in [6, 6.07) is 9.38. The van der Waals surface area contributed by atoms with Crippen molar-refractivity contribution in [2.24, 2.45) is 11.7 Å². The number of aryl methyl sites for hydroxylation is 1. The van der Waals surface area contributed by atoms with Crippen molar-refractivity contribution >= 4 is 5.91 Å². The highest BCUT2D eigenvalue weighted by atomic mass is 16.1. The monoisotopic (exact) mass is 313 g/mol. The summed E-state index contributed by atoms with van der Waals surface area (Å²) in [4.78, 5) is 12.4. The number of nitrogens with one attached hydrogen (secondary N) is 1. The van der Waals surface area contributed by atoms with Gasteiger partial charge in [-0.3, -0.25) is 4.79 Å². The van der Waals surface area contributed by atoms with Crippen molar-refractivity contribution in [3.05, 3.63) is 47.5 Å². The van der Waals surface area contributed by atoms with Crippen LogP contribution in [0.5, 0.6) is 0 Å². The lowest BCUT2D eigenvalue weighted by Gasteiger charge is -2.20. The van der Waals surface area contributed by atoms with E-state index < -0.39 is 0 Å². The second-order valence-corrected chi connectivity index (χ2v) is 6.08. The Hall–Kier alpha value is -2.21. The van der Waals surface area contributed by atoms with Crippen molar-refractivity contribution in [2.45, 2.75) is 45.3 Å². The molecule has 1 amide bonds. The molecule has 0 fully saturated rings. The Morgan fingerprint density at radius 2 is 2.09 bits per heavy atom. The highest BCUT2D eigenvalue weighted by Gasteiger charge is 2.23. The maximum absolute atomic E-state index is 12.4. The van der Waals surface area contributed by atoms with Crippen LogP contribution in [0.4, 0.5) is 0 Å². The molecule has 0 saturated heterocycles. The molecular weight excluding hydrogens is 290 g/mol. The van der Waals surface area contributed by atoms with Gasteiger partial charge < -0.3 is 15.6 Å². The second-order valence-electron chi connectivity index (χ2n) is 6.08. The van der Waals surface area contributed by atoms with Gasteiger partial charge >= 0.3 is 0 Å². The average Bonchev–Trinajstić information content (AvgIpc) is 3.02. The number of amides is 1. The maximum atomic E-state index is 12.4. The molecule has 0 spiro atoms. The predicted octanol–water partition coefficient (Wildman–Crippen LogP) is 1.57. The van der Waals surface area contributed by atoms with Crippen molar-refractivity contribution in [1.29, 1.82) is 0 Å². The Balaban J connectivity index is 1.60. The van der Waals surface area contributed by atoms with Crippen LogP contribution >= 0.6 is 0 Å². The smallest absolute Gasteiger partial charge is 0.225 e. The number of carbonyl (C=O) groups is 1. The van der Waals surface area contributed by atoms with E-state index in [1.807, 2.05) is 37.3 Å². The number of fused-ring (bicyclic) bond motifs is 1. The molecule has 6 heteroatoms. The minimum absolute atomic E-state index is 0.0606. The van der Waals surface area contributed by atoms with Crippen molar-refractivity contribution in [3.8, 4) is 0 Å². The number of hydrogen-bond donors (Lipinski definition) is 2. The van der Waals surface area contributed by atoms with Crippen LogP contribution in [0.1, 0.15) is 43.0 Å². The number of nitrogens with zero attached hydrogens (tertiary/aromatic N) is 3. The molecule has 2 heterocycles. The van der Waals surface area contributed by atoms with Gasteiger partial charge in [0, 0.05) is 19.0 Å². The quantitative estimate of drug-likeness (QED) is 0.877. The zero-order valence-corrected chi connectivity index (χ0v) is 13.4. The van der Waals surface area contributed by atoms with Gasteiger partial charge in [0.2, 0.25) is 5.91 Å². The van der Waals surface area contributed by atoms with E-state index in [1.165, 1.54) is 0 Å². The Bertz CT molecular complexity index is 667. The van der Waals surface area contributed by atoms with Crippen molar-refractivity contribution in [1.82, 2.24) is 20.1 Å². The lowest BCUT2D eigenvalue weighted by Crippen LogP contribution is -2.36. The summed E-state index contributed by atoms with van der Waals surface area (Å²) in [5, 5.41) is 11.3. The normalized spacial score (nSPS) is 16.4. The van der Waals surface area contributed by atoms with Crippen LogP contribution in [0.25, 0.3) is 0 Å². The first-order valence-electron chi connectivity index (χ1n) is 8.16. The Morgan fingerprint density at radius 3 is 2.87 bits per heavy atom. The second kappa shape index (κ2) is 6.91. The highest BCUT2D eigenvalue weighted by Crippen LogP contribution is 2.19. The van der Waals surface area contributed by atoms with Crippen LogP contribution in [0.2, 0.25) is 0 Å². The number of hydrogen-bond acceptors (Lipinski definition) is 4. The van der Waals surface area contributed by atoms with Gasteiger partial charge in [0.25, 0.3) is 0 Å². The molecule has 23 heavy (non-hydrogen) atoms. The third kappa shape index (κ3) is 3.42. The van der Waals surface area contributed by atoms with Crippen LogP contribution in [-0.2, 0) is 24.3 Å². The van der Waals surface area contributed by atoms with E-state index in [9.17, 15) is 4.79 Å². The largest absolute Gasteiger partial charge is 0.349 e. The summed E-state index contributed by atoms with van der Waals surface area (Å²) in [5.74, 6) is 1.48. The molecule has 3 rings (SSSR count). The fraction of sp³-hybridized carbons (Fsp3) is 0.471. The first-order chi connectivity index (χ1) is 11.2. The van der Waals surface area contributed by atoms with Crippen molar-refractivity contribution in [2.75, 3.05) is 0 Å². The zero-order chi connectivity index (χ0) is 16.2. The van der Waals surface area contributed by atoms with Gasteiger partial charge in [-0.1, -0.05) is 37.3 Å². The van der Waals surface area contributed by atoms with Gasteiger partial charge in [-0.05, 0) is 18.4 Å². The van der Waals surface area contributed by atoms with Gasteiger partial charge in [-0.2, -0.15) is 0 Å². The first-order valence-corrected chi connectivity index (χ1v) is 8.16. The van der Waals surface area contributed by atoms with Gasteiger partial charge in [0.05, 0.1) is 12.5 Å². The van der Waals surface area contributed by atoms with Gasteiger partial charge in [-0.15, -0.1) is 10.2 Å². The molecule has 1 aliphatic rings. The number of benzene rings is 1. The highest BCUT2D eigenvalue weighted by molar-refractivity contribution is 5.79. The zero-order valence-electron chi connectivity index (χ0n) is 13.4. The molecule has 2 unspecified atom stereocenters. The molecule has 6 nitrogen and oxygen atoms in total. The molecule has 1 aliphatic heterocycles. The molecule has 122 valence electrons. The van der Waals surface area contributed by atoms with Crippen LogP contribution in [-0.4, -0.2) is 20.7 Å². The summed E-state index contributed by atoms with van der Waals surface area (Å²) < 4.78 is 2.12. The lowest BCUT2D eigenvalue weighted by molar-refractivity contribution is -0.125. The first kappa shape index (κ1) is 15.7. The minimum atomic E-state index is -0.316. The molecule has 2 atom stereocenters. The fourth-order valence-corrected chi connectivity index (χ4v) is 2.95. The van der Waals surface area contributed by atoms with E-state index >= 15 is 0 Å². The molecular formula is C17H23N5O. The van der Waals surface area contributed by atoms with E-state index in [0.717, 1.165) is 43.0 Å². The number of rotatable bonds is 5. The minimum Gasteiger partial charge on any atom is -0.349 e. The molecule has 0 saturated carbocycles. The molecule has 2 aromatic rings. The van der Waals surface area contributed by atoms with Gasteiger partial charge in [0.15, 0.2) is 5.82 Å². The maximum Gasteiger partial charge on any atom is 0.225 e. The van der Waals surface area contributed by atoms with Gasteiger partial charge in [-0.25, -0.2) is 0 Å². The number of aromatic nitrogens is 3. The SMILES string of the molecule is CC(C(=O)NCc1nnc2n1CCCC2)C(N)c1ccccc1. The average molecular weight is 313 g/mol. The Morgan fingerprint density at radius 1 is 1.30 bits per heavy atom. The van der Waals surface area contributed by atoms with Crippen molar-refractivity contribution in [3.63, 3.8) is 0 Å². The topological polar surface area (TPSA) is 85.8 Å². The van der Waals surface area contributed by atoms with Crippen LogP contribution in [0, 0.1) is 5.92 Å².